The molecular formula is C12H11BrN2O2S. The molecule has 0 saturated carbocycles. The van der Waals surface area contributed by atoms with Gasteiger partial charge in [-0.1, -0.05) is 12.2 Å². The first kappa shape index (κ1) is 14.5. The second kappa shape index (κ2) is 6.38. The molecule has 0 heterocycles. The van der Waals surface area contributed by atoms with Gasteiger partial charge in [-0.2, -0.15) is 5.26 Å². The molecule has 0 saturated heterocycles. The zero-order valence-corrected chi connectivity index (χ0v) is 12.3. The Labute approximate surface area is 119 Å². The number of nitriles is 1. The van der Waals surface area contributed by atoms with Crippen LogP contribution in [0.4, 0.5) is 0 Å². The monoisotopic (exact) mass is 326 g/mol. The summed E-state index contributed by atoms with van der Waals surface area (Å²) >= 11 is 8.15. The fraction of sp³-hybridized carbons (Fsp3) is 0.167. The summed E-state index contributed by atoms with van der Waals surface area (Å²) in [7, 11) is 3.09. The van der Waals surface area contributed by atoms with Crippen LogP contribution in [0.15, 0.2) is 22.2 Å². The third-order valence-electron chi connectivity index (χ3n) is 2.19. The van der Waals surface area contributed by atoms with Crippen LogP contribution >= 0.6 is 28.1 Å². The number of rotatable bonds is 4. The lowest BCUT2D eigenvalue weighted by Crippen LogP contribution is -2.09. The minimum Gasteiger partial charge on any atom is -0.496 e. The standard InChI is InChI=1S/C12H11BrN2O2S/c1-16-10-5-11(17-2)9(13)4-7(10)3-8(6-14)12(15)18/h3-5H,1-2H3,(H2,15,18)/b8-3-. The lowest BCUT2D eigenvalue weighted by molar-refractivity contribution is 0.392. The van der Waals surface area contributed by atoms with Crippen molar-refractivity contribution in [3.05, 3.63) is 27.7 Å². The van der Waals surface area contributed by atoms with Crippen molar-refractivity contribution in [2.24, 2.45) is 5.73 Å². The van der Waals surface area contributed by atoms with Gasteiger partial charge in [0.25, 0.3) is 0 Å². The van der Waals surface area contributed by atoms with E-state index in [0.717, 1.165) is 4.47 Å². The van der Waals surface area contributed by atoms with E-state index in [1.165, 1.54) is 7.11 Å². The summed E-state index contributed by atoms with van der Waals surface area (Å²) in [5, 5.41) is 8.93. The van der Waals surface area contributed by atoms with Gasteiger partial charge < -0.3 is 15.2 Å². The molecule has 1 aromatic carbocycles. The summed E-state index contributed by atoms with van der Waals surface area (Å²) in [6.45, 7) is 0. The van der Waals surface area contributed by atoms with Crippen molar-refractivity contribution in [3.63, 3.8) is 0 Å². The molecule has 0 bridgehead atoms. The van der Waals surface area contributed by atoms with Crippen LogP contribution in [0, 0.1) is 11.3 Å². The highest BCUT2D eigenvalue weighted by Gasteiger charge is 2.09. The van der Waals surface area contributed by atoms with Gasteiger partial charge in [-0.3, -0.25) is 0 Å². The third-order valence-corrected chi connectivity index (χ3v) is 3.03. The molecule has 0 aliphatic carbocycles. The van der Waals surface area contributed by atoms with Crippen LogP contribution in [0.5, 0.6) is 11.5 Å². The van der Waals surface area contributed by atoms with Crippen molar-refractivity contribution >= 4 is 39.2 Å². The van der Waals surface area contributed by atoms with E-state index >= 15 is 0 Å². The second-order valence-electron chi connectivity index (χ2n) is 3.26. The molecule has 0 fully saturated rings. The van der Waals surface area contributed by atoms with Gasteiger partial charge in [0.15, 0.2) is 0 Å². The number of hydrogen-bond acceptors (Lipinski definition) is 4. The molecule has 1 aromatic rings. The van der Waals surface area contributed by atoms with Gasteiger partial charge in [0.1, 0.15) is 22.6 Å². The van der Waals surface area contributed by atoms with E-state index in [1.54, 1.807) is 25.3 Å². The minimum atomic E-state index is 0.0477. The molecule has 18 heavy (non-hydrogen) atoms. The minimum absolute atomic E-state index is 0.0477. The van der Waals surface area contributed by atoms with E-state index in [9.17, 15) is 0 Å². The summed E-state index contributed by atoms with van der Waals surface area (Å²) in [6.07, 6.45) is 1.57. The van der Waals surface area contributed by atoms with Crippen LogP contribution in [-0.2, 0) is 0 Å². The predicted molar refractivity (Wildman–Crippen MR) is 77.6 cm³/mol. The summed E-state index contributed by atoms with van der Waals surface area (Å²) in [4.78, 5) is 0.0477. The van der Waals surface area contributed by atoms with Gasteiger partial charge in [-0.05, 0) is 28.1 Å². The molecule has 0 aliphatic rings. The smallest absolute Gasteiger partial charge is 0.136 e. The Morgan fingerprint density at radius 2 is 2.00 bits per heavy atom. The molecule has 0 radical (unpaired) electrons. The van der Waals surface area contributed by atoms with E-state index in [2.05, 4.69) is 15.9 Å². The van der Waals surface area contributed by atoms with Crippen molar-refractivity contribution in [3.8, 4) is 17.6 Å². The van der Waals surface area contributed by atoms with Crippen molar-refractivity contribution in [2.75, 3.05) is 14.2 Å². The maximum Gasteiger partial charge on any atom is 0.136 e. The van der Waals surface area contributed by atoms with Crippen LogP contribution < -0.4 is 15.2 Å². The SMILES string of the molecule is COc1cc(OC)c(/C=C(/C#N)C(N)=S)cc1Br. The molecular weight excluding hydrogens is 316 g/mol. The number of hydrogen-bond donors (Lipinski definition) is 1. The number of halogens is 1. The molecule has 0 aromatic heterocycles. The van der Waals surface area contributed by atoms with Crippen molar-refractivity contribution < 1.29 is 9.47 Å². The Morgan fingerprint density at radius 1 is 1.39 bits per heavy atom. The highest BCUT2D eigenvalue weighted by atomic mass is 79.9. The number of nitrogens with zero attached hydrogens (tertiary/aromatic N) is 1. The summed E-state index contributed by atoms with van der Waals surface area (Å²) in [5.74, 6) is 1.21. The topological polar surface area (TPSA) is 68.3 Å². The Balaban J connectivity index is 3.37. The molecule has 0 aliphatic heterocycles. The first-order valence-corrected chi connectivity index (χ1v) is 6.06. The first-order chi connectivity index (χ1) is 8.53. The average molecular weight is 327 g/mol. The molecule has 0 spiro atoms. The largest absolute Gasteiger partial charge is 0.496 e. The average Bonchev–Trinajstić information content (AvgIpc) is 2.35. The van der Waals surface area contributed by atoms with Gasteiger partial charge in [0.2, 0.25) is 0 Å². The molecule has 0 unspecified atom stereocenters. The van der Waals surface area contributed by atoms with E-state index in [-0.39, 0.29) is 10.6 Å². The zero-order chi connectivity index (χ0) is 13.7. The van der Waals surface area contributed by atoms with Crippen molar-refractivity contribution in [2.45, 2.75) is 0 Å². The van der Waals surface area contributed by atoms with Crippen molar-refractivity contribution in [1.29, 1.82) is 5.26 Å². The van der Waals surface area contributed by atoms with Crippen molar-refractivity contribution in [1.82, 2.24) is 0 Å². The molecule has 6 heteroatoms. The highest BCUT2D eigenvalue weighted by molar-refractivity contribution is 9.10. The second-order valence-corrected chi connectivity index (χ2v) is 4.56. The Kier molecular flexibility index (Phi) is 5.13. The number of ether oxygens (including phenoxy) is 2. The maximum absolute atomic E-state index is 8.93. The quantitative estimate of drug-likeness (QED) is 0.523. The molecule has 0 atom stereocenters. The predicted octanol–water partition coefficient (Wildman–Crippen LogP) is 2.66. The van der Waals surface area contributed by atoms with Gasteiger partial charge >= 0.3 is 0 Å². The Morgan fingerprint density at radius 3 is 2.44 bits per heavy atom. The lowest BCUT2D eigenvalue weighted by Gasteiger charge is -2.10. The molecule has 1 rings (SSSR count). The van der Waals surface area contributed by atoms with E-state index in [4.69, 9.17) is 32.7 Å². The number of methoxy groups -OCH3 is 2. The van der Waals surface area contributed by atoms with Gasteiger partial charge in [-0.25, -0.2) is 0 Å². The van der Waals surface area contributed by atoms with Crippen LogP contribution in [0.1, 0.15) is 5.56 Å². The van der Waals surface area contributed by atoms with Gasteiger partial charge in [0, 0.05) is 11.6 Å². The Hall–Kier alpha value is -1.58. The third kappa shape index (κ3) is 3.22. The fourth-order valence-corrected chi connectivity index (χ4v) is 1.94. The molecule has 0 amide bonds. The van der Waals surface area contributed by atoms with Crippen LogP contribution in [0.25, 0.3) is 6.08 Å². The van der Waals surface area contributed by atoms with E-state index < -0.39 is 0 Å². The van der Waals surface area contributed by atoms with Gasteiger partial charge in [-0.15, -0.1) is 0 Å². The summed E-state index contributed by atoms with van der Waals surface area (Å²) < 4.78 is 11.1. The van der Waals surface area contributed by atoms with Crippen LogP contribution in [-0.4, -0.2) is 19.2 Å². The van der Waals surface area contributed by atoms with Crippen LogP contribution in [0.2, 0.25) is 0 Å². The summed E-state index contributed by atoms with van der Waals surface area (Å²) in [5.41, 5.74) is 6.36. The number of benzene rings is 1. The lowest BCUT2D eigenvalue weighted by atomic mass is 10.1. The van der Waals surface area contributed by atoms with Crippen LogP contribution in [0.3, 0.4) is 0 Å². The first-order valence-electron chi connectivity index (χ1n) is 4.86. The molecule has 4 nitrogen and oxygen atoms in total. The summed E-state index contributed by atoms with van der Waals surface area (Å²) in [6, 6.07) is 5.43. The normalized spacial score (nSPS) is 10.7. The Bertz CT molecular complexity index is 550. The zero-order valence-electron chi connectivity index (χ0n) is 9.86. The van der Waals surface area contributed by atoms with E-state index in [1.807, 2.05) is 6.07 Å². The maximum atomic E-state index is 8.93. The number of thiocarbonyl (C=S) groups is 1. The molecule has 94 valence electrons. The highest BCUT2D eigenvalue weighted by Crippen LogP contribution is 2.33. The van der Waals surface area contributed by atoms with E-state index in [0.29, 0.717) is 17.1 Å². The molecule has 2 N–H and O–H groups in total. The number of nitrogens with two attached hydrogens (primary N) is 1. The van der Waals surface area contributed by atoms with Gasteiger partial charge in [0.05, 0.1) is 24.3 Å². The fourth-order valence-electron chi connectivity index (χ4n) is 1.31.